The van der Waals surface area contributed by atoms with Crippen molar-refractivity contribution in [3.05, 3.63) is 29.8 Å². The Morgan fingerprint density at radius 2 is 2.19 bits per heavy atom. The molecule has 0 saturated carbocycles. The number of morpholine rings is 1. The summed E-state index contributed by atoms with van der Waals surface area (Å²) in [7, 11) is 0. The summed E-state index contributed by atoms with van der Waals surface area (Å²) in [5.41, 5.74) is 0.279. The first-order valence-electron chi connectivity index (χ1n) is 7.49. The van der Waals surface area contributed by atoms with E-state index in [0.29, 0.717) is 18.5 Å². The van der Waals surface area contributed by atoms with Crippen LogP contribution in [-0.4, -0.2) is 54.9 Å². The maximum atomic E-state index is 10.7. The van der Waals surface area contributed by atoms with Gasteiger partial charge in [0.15, 0.2) is 0 Å². The van der Waals surface area contributed by atoms with Crippen LogP contribution in [0.4, 0.5) is 0 Å². The van der Waals surface area contributed by atoms with E-state index in [-0.39, 0.29) is 5.56 Å². The summed E-state index contributed by atoms with van der Waals surface area (Å²) in [4.78, 5) is 13.2. The van der Waals surface area contributed by atoms with Crippen molar-refractivity contribution in [1.82, 2.24) is 4.90 Å². The fourth-order valence-corrected chi connectivity index (χ4v) is 2.40. The smallest absolute Gasteiger partial charge is 0.335 e. The second-order valence-electron chi connectivity index (χ2n) is 5.23. The maximum Gasteiger partial charge on any atom is 0.335 e. The molecule has 0 spiro atoms. The Balaban J connectivity index is 1.66. The van der Waals surface area contributed by atoms with Gasteiger partial charge in [-0.15, -0.1) is 0 Å². The van der Waals surface area contributed by atoms with E-state index >= 15 is 0 Å². The molecule has 1 aliphatic heterocycles. The minimum absolute atomic E-state index is 0.279. The molecule has 0 amide bonds. The Morgan fingerprint density at radius 3 is 2.86 bits per heavy atom. The minimum atomic E-state index is -0.917. The summed E-state index contributed by atoms with van der Waals surface area (Å²) in [5, 5.41) is 8.82. The van der Waals surface area contributed by atoms with Crippen molar-refractivity contribution in [3.63, 3.8) is 0 Å². The molecular weight excluding hydrogens is 270 g/mol. The fraction of sp³-hybridized carbons (Fsp3) is 0.562. The summed E-state index contributed by atoms with van der Waals surface area (Å²) in [6.07, 6.45) is 2.38. The van der Waals surface area contributed by atoms with E-state index in [2.05, 4.69) is 11.8 Å². The number of hydrogen-bond acceptors (Lipinski definition) is 4. The number of carboxylic acid groups (broad SMARTS) is 1. The van der Waals surface area contributed by atoms with Gasteiger partial charge in [-0.2, -0.15) is 0 Å². The molecule has 0 aliphatic carbocycles. The molecule has 1 aromatic carbocycles. The summed E-state index contributed by atoms with van der Waals surface area (Å²) in [5.74, 6) is -0.201. The molecule has 1 N–H and O–H groups in total. The zero-order valence-corrected chi connectivity index (χ0v) is 12.5. The summed E-state index contributed by atoms with van der Waals surface area (Å²) in [6, 6.07) is 6.52. The normalized spacial score (nSPS) is 19.4. The van der Waals surface area contributed by atoms with Gasteiger partial charge in [0.25, 0.3) is 0 Å². The highest BCUT2D eigenvalue weighted by Crippen LogP contribution is 2.13. The third-order valence-electron chi connectivity index (χ3n) is 3.67. The maximum absolute atomic E-state index is 10.7. The number of benzene rings is 1. The molecule has 21 heavy (non-hydrogen) atoms. The van der Waals surface area contributed by atoms with Gasteiger partial charge < -0.3 is 14.6 Å². The van der Waals surface area contributed by atoms with Crippen molar-refractivity contribution < 1.29 is 19.4 Å². The lowest BCUT2D eigenvalue weighted by atomic mass is 10.2. The number of carbonyl (C=O) groups is 1. The Hall–Kier alpha value is -1.59. The predicted molar refractivity (Wildman–Crippen MR) is 80.0 cm³/mol. The largest absolute Gasteiger partial charge is 0.494 e. The van der Waals surface area contributed by atoms with Gasteiger partial charge >= 0.3 is 5.97 Å². The molecule has 5 heteroatoms. The van der Waals surface area contributed by atoms with Gasteiger partial charge in [0.05, 0.1) is 24.9 Å². The number of ether oxygens (including phenoxy) is 2. The molecule has 1 saturated heterocycles. The first-order valence-corrected chi connectivity index (χ1v) is 7.49. The van der Waals surface area contributed by atoms with Crippen LogP contribution in [0, 0.1) is 0 Å². The van der Waals surface area contributed by atoms with Crippen molar-refractivity contribution in [1.29, 1.82) is 0 Å². The van der Waals surface area contributed by atoms with E-state index in [4.69, 9.17) is 14.6 Å². The van der Waals surface area contributed by atoms with Crippen LogP contribution in [0.5, 0.6) is 5.75 Å². The number of hydrogen-bond donors (Lipinski definition) is 1. The molecule has 1 atom stereocenters. The third-order valence-corrected chi connectivity index (χ3v) is 3.67. The third kappa shape index (κ3) is 5.02. The standard InChI is InChI=1S/C16H23NO4/c1-2-14-12-17(9-11-21-14)8-3-10-20-15-6-4-13(5-7-15)16(18)19/h4-7,14H,2-3,8-12H2,1H3,(H,18,19). The van der Waals surface area contributed by atoms with Gasteiger partial charge in [-0.3, -0.25) is 4.90 Å². The summed E-state index contributed by atoms with van der Waals surface area (Å²) < 4.78 is 11.3. The first-order chi connectivity index (χ1) is 10.2. The quantitative estimate of drug-likeness (QED) is 0.781. The van der Waals surface area contributed by atoms with Gasteiger partial charge in [0.2, 0.25) is 0 Å². The molecule has 116 valence electrons. The zero-order chi connectivity index (χ0) is 15.1. The predicted octanol–water partition coefficient (Wildman–Crippen LogP) is 2.26. The Labute approximate surface area is 125 Å². The molecule has 1 fully saturated rings. The van der Waals surface area contributed by atoms with Gasteiger partial charge in [-0.25, -0.2) is 4.79 Å². The molecule has 2 rings (SSSR count). The lowest BCUT2D eigenvalue weighted by molar-refractivity contribution is -0.0306. The molecule has 1 aromatic rings. The monoisotopic (exact) mass is 293 g/mol. The van der Waals surface area contributed by atoms with E-state index in [1.54, 1.807) is 24.3 Å². The van der Waals surface area contributed by atoms with E-state index in [9.17, 15) is 4.79 Å². The van der Waals surface area contributed by atoms with Gasteiger partial charge in [-0.05, 0) is 37.1 Å². The average molecular weight is 293 g/mol. The molecule has 1 unspecified atom stereocenters. The fourth-order valence-electron chi connectivity index (χ4n) is 2.40. The Morgan fingerprint density at radius 1 is 1.43 bits per heavy atom. The molecule has 5 nitrogen and oxygen atoms in total. The minimum Gasteiger partial charge on any atom is -0.494 e. The van der Waals surface area contributed by atoms with Crippen molar-refractivity contribution in [3.8, 4) is 5.75 Å². The van der Waals surface area contributed by atoms with Crippen LogP contribution in [0.3, 0.4) is 0 Å². The highest BCUT2D eigenvalue weighted by molar-refractivity contribution is 5.87. The van der Waals surface area contributed by atoms with Gasteiger partial charge in [-0.1, -0.05) is 6.92 Å². The van der Waals surface area contributed by atoms with Crippen LogP contribution in [0.2, 0.25) is 0 Å². The number of rotatable bonds is 7. The van der Waals surface area contributed by atoms with Crippen LogP contribution < -0.4 is 4.74 Å². The van der Waals surface area contributed by atoms with Crippen molar-refractivity contribution in [2.75, 3.05) is 32.8 Å². The zero-order valence-electron chi connectivity index (χ0n) is 12.5. The topological polar surface area (TPSA) is 59.0 Å². The molecular formula is C16H23NO4. The number of carboxylic acids is 1. The van der Waals surface area contributed by atoms with Crippen LogP contribution in [0.25, 0.3) is 0 Å². The first kappa shape index (κ1) is 15.8. The highest BCUT2D eigenvalue weighted by atomic mass is 16.5. The highest BCUT2D eigenvalue weighted by Gasteiger charge is 2.18. The molecule has 1 heterocycles. The average Bonchev–Trinajstić information content (AvgIpc) is 2.52. The van der Waals surface area contributed by atoms with Crippen molar-refractivity contribution in [2.45, 2.75) is 25.9 Å². The summed E-state index contributed by atoms with van der Waals surface area (Å²) in [6.45, 7) is 6.61. The SMILES string of the molecule is CCC1CN(CCCOc2ccc(C(=O)O)cc2)CCO1. The van der Waals surface area contributed by atoms with E-state index in [1.807, 2.05) is 0 Å². The number of nitrogens with zero attached hydrogens (tertiary/aromatic N) is 1. The van der Waals surface area contributed by atoms with Gasteiger partial charge in [0.1, 0.15) is 5.75 Å². The van der Waals surface area contributed by atoms with Gasteiger partial charge in [0, 0.05) is 19.6 Å². The molecule has 0 bridgehead atoms. The van der Waals surface area contributed by atoms with E-state index < -0.39 is 5.97 Å². The molecule has 0 radical (unpaired) electrons. The van der Waals surface area contributed by atoms with Crippen LogP contribution >= 0.6 is 0 Å². The molecule has 1 aliphatic rings. The Bertz CT molecular complexity index is 446. The molecule has 0 aromatic heterocycles. The van der Waals surface area contributed by atoms with Crippen LogP contribution in [0.1, 0.15) is 30.1 Å². The van der Waals surface area contributed by atoms with Crippen molar-refractivity contribution in [2.24, 2.45) is 0 Å². The number of aromatic carboxylic acids is 1. The van der Waals surface area contributed by atoms with Crippen LogP contribution in [0.15, 0.2) is 24.3 Å². The van der Waals surface area contributed by atoms with Crippen molar-refractivity contribution >= 4 is 5.97 Å². The van der Waals surface area contributed by atoms with E-state index in [0.717, 1.165) is 39.1 Å². The lowest BCUT2D eigenvalue weighted by Crippen LogP contribution is -2.42. The van der Waals surface area contributed by atoms with E-state index in [1.165, 1.54) is 0 Å². The summed E-state index contributed by atoms with van der Waals surface area (Å²) >= 11 is 0. The lowest BCUT2D eigenvalue weighted by Gasteiger charge is -2.32. The second kappa shape index (κ2) is 8.00. The Kier molecular flexibility index (Phi) is 6.02. The van der Waals surface area contributed by atoms with Crippen LogP contribution in [-0.2, 0) is 4.74 Å². The second-order valence-corrected chi connectivity index (χ2v) is 5.23.